The van der Waals surface area contributed by atoms with Crippen molar-refractivity contribution >= 4 is 0 Å². The van der Waals surface area contributed by atoms with Crippen LogP contribution in [0.5, 0.6) is 0 Å². The Morgan fingerprint density at radius 2 is 2.38 bits per heavy atom. The Labute approximate surface area is 50.3 Å². The first-order valence-corrected chi connectivity index (χ1v) is 2.67. The first-order valence-electron chi connectivity index (χ1n) is 2.67. The molecule has 0 saturated carbocycles. The molecule has 0 aliphatic rings. The van der Waals surface area contributed by atoms with Crippen LogP contribution in [0.15, 0.2) is 24.9 Å². The van der Waals surface area contributed by atoms with E-state index in [1.54, 1.807) is 12.3 Å². The minimum Gasteiger partial charge on any atom is -0.329 e. The molecule has 0 fully saturated rings. The van der Waals surface area contributed by atoms with Crippen molar-refractivity contribution < 1.29 is 0 Å². The molecule has 0 rings (SSSR count). The monoisotopic (exact) mass is 112 g/mol. The summed E-state index contributed by atoms with van der Waals surface area (Å²) in [4.78, 5) is 0. The maximum absolute atomic E-state index is 3.50. The smallest absolute Gasteiger partial charge is 0.0125 e. The summed E-state index contributed by atoms with van der Waals surface area (Å²) in [5.41, 5.74) is 5.73. The summed E-state index contributed by atoms with van der Waals surface area (Å²) in [6.07, 6.45) is 5.32. The van der Waals surface area contributed by atoms with E-state index >= 15 is 0 Å². The fourth-order valence-electron chi connectivity index (χ4n) is 0.277. The molecular weight excluding hydrogens is 100 g/mol. The molecule has 2 nitrogen and oxygen atoms in total. The molecular formula is C6H12N2. The Morgan fingerprint density at radius 3 is 2.88 bits per heavy atom. The van der Waals surface area contributed by atoms with Gasteiger partial charge in [-0.2, -0.15) is 0 Å². The van der Waals surface area contributed by atoms with Crippen molar-refractivity contribution in [3.63, 3.8) is 0 Å². The number of hydrazine groups is 1. The fraction of sp³-hybridized carbons (Fsp3) is 0.333. The number of nitrogens with one attached hydrogen (secondary N) is 2. The predicted octanol–water partition coefficient (Wildman–Crippen LogP) is 0.800. The summed E-state index contributed by atoms with van der Waals surface area (Å²) in [5, 5.41) is 0. The van der Waals surface area contributed by atoms with E-state index in [1.807, 2.05) is 13.0 Å². The molecule has 46 valence electrons. The van der Waals surface area contributed by atoms with Gasteiger partial charge in [0, 0.05) is 12.7 Å². The van der Waals surface area contributed by atoms with Crippen molar-refractivity contribution in [1.82, 2.24) is 10.9 Å². The highest BCUT2D eigenvalue weighted by molar-refractivity contribution is 4.94. The van der Waals surface area contributed by atoms with Crippen LogP contribution in [0.25, 0.3) is 0 Å². The van der Waals surface area contributed by atoms with Gasteiger partial charge in [-0.1, -0.05) is 19.6 Å². The molecule has 0 aromatic rings. The highest BCUT2D eigenvalue weighted by atomic mass is 15.3. The van der Waals surface area contributed by atoms with Gasteiger partial charge in [-0.15, -0.1) is 0 Å². The van der Waals surface area contributed by atoms with E-state index in [0.29, 0.717) is 0 Å². The highest BCUT2D eigenvalue weighted by Crippen LogP contribution is 1.63. The average Bonchev–Trinajstić information content (AvgIpc) is 1.81. The lowest BCUT2D eigenvalue weighted by Gasteiger charge is -1.95. The molecule has 0 aliphatic heterocycles. The van der Waals surface area contributed by atoms with Gasteiger partial charge >= 0.3 is 0 Å². The number of hydrogen-bond acceptors (Lipinski definition) is 2. The van der Waals surface area contributed by atoms with Crippen LogP contribution < -0.4 is 10.9 Å². The minimum absolute atomic E-state index is 0.918. The molecule has 8 heavy (non-hydrogen) atoms. The zero-order chi connectivity index (χ0) is 6.24. The van der Waals surface area contributed by atoms with Crippen LogP contribution in [-0.4, -0.2) is 6.54 Å². The molecule has 0 saturated heterocycles. The molecule has 2 heteroatoms. The zero-order valence-electron chi connectivity index (χ0n) is 5.15. The average molecular weight is 112 g/mol. The summed E-state index contributed by atoms with van der Waals surface area (Å²) in [6.45, 7) is 6.44. The third kappa shape index (κ3) is 5.24. The second kappa shape index (κ2) is 6.24. The summed E-state index contributed by atoms with van der Waals surface area (Å²) in [7, 11) is 0. The molecule has 0 aliphatic carbocycles. The number of hydrogen-bond donors (Lipinski definition) is 2. The Balaban J connectivity index is 2.91. The molecule has 0 atom stereocenters. The second-order valence-corrected chi connectivity index (χ2v) is 1.27. The van der Waals surface area contributed by atoms with Gasteiger partial charge in [-0.3, -0.25) is 0 Å². The molecule has 0 amide bonds. The highest BCUT2D eigenvalue weighted by Gasteiger charge is 1.65. The maximum atomic E-state index is 3.50. The number of rotatable bonds is 4. The van der Waals surface area contributed by atoms with Crippen molar-refractivity contribution in [1.29, 1.82) is 0 Å². The predicted molar refractivity (Wildman–Crippen MR) is 36.1 cm³/mol. The van der Waals surface area contributed by atoms with E-state index in [-0.39, 0.29) is 0 Å². The lowest BCUT2D eigenvalue weighted by Crippen LogP contribution is -2.25. The minimum atomic E-state index is 0.918. The molecule has 0 bridgehead atoms. The first-order chi connectivity index (χ1) is 3.91. The fourth-order valence-corrected chi connectivity index (χ4v) is 0.277. The van der Waals surface area contributed by atoms with E-state index in [2.05, 4.69) is 17.4 Å². The molecule has 0 unspecified atom stereocenters. The first kappa shape index (κ1) is 7.24. The SMILES string of the molecule is C=C/C=C/NNCC. The molecule has 2 N–H and O–H groups in total. The van der Waals surface area contributed by atoms with E-state index in [4.69, 9.17) is 0 Å². The van der Waals surface area contributed by atoms with Crippen molar-refractivity contribution in [3.8, 4) is 0 Å². The van der Waals surface area contributed by atoms with Gasteiger partial charge in [-0.25, -0.2) is 5.43 Å². The van der Waals surface area contributed by atoms with Crippen molar-refractivity contribution in [3.05, 3.63) is 24.9 Å². The van der Waals surface area contributed by atoms with Crippen LogP contribution in [-0.2, 0) is 0 Å². The molecule has 0 radical (unpaired) electrons. The van der Waals surface area contributed by atoms with Crippen LogP contribution in [0.3, 0.4) is 0 Å². The van der Waals surface area contributed by atoms with E-state index < -0.39 is 0 Å². The molecule has 0 heterocycles. The second-order valence-electron chi connectivity index (χ2n) is 1.27. The Hall–Kier alpha value is -0.760. The van der Waals surface area contributed by atoms with Gasteiger partial charge in [0.2, 0.25) is 0 Å². The quantitative estimate of drug-likeness (QED) is 0.319. The third-order valence-corrected chi connectivity index (χ3v) is 0.594. The molecule has 0 spiro atoms. The van der Waals surface area contributed by atoms with E-state index in [0.717, 1.165) is 6.54 Å². The van der Waals surface area contributed by atoms with Gasteiger partial charge in [0.25, 0.3) is 0 Å². The Morgan fingerprint density at radius 1 is 1.62 bits per heavy atom. The third-order valence-electron chi connectivity index (χ3n) is 0.594. The normalized spacial score (nSPS) is 9.62. The Kier molecular flexibility index (Phi) is 5.65. The zero-order valence-corrected chi connectivity index (χ0v) is 5.15. The van der Waals surface area contributed by atoms with E-state index in [1.165, 1.54) is 0 Å². The topological polar surface area (TPSA) is 24.1 Å². The lowest BCUT2D eigenvalue weighted by molar-refractivity contribution is 0.656. The van der Waals surface area contributed by atoms with Gasteiger partial charge in [0.1, 0.15) is 0 Å². The van der Waals surface area contributed by atoms with Gasteiger partial charge in [-0.05, 0) is 6.08 Å². The van der Waals surface area contributed by atoms with Crippen LogP contribution in [0, 0.1) is 0 Å². The maximum Gasteiger partial charge on any atom is 0.0125 e. The van der Waals surface area contributed by atoms with E-state index in [9.17, 15) is 0 Å². The molecule has 0 aromatic heterocycles. The van der Waals surface area contributed by atoms with Crippen LogP contribution in [0.4, 0.5) is 0 Å². The van der Waals surface area contributed by atoms with Gasteiger partial charge in [0.15, 0.2) is 0 Å². The standard InChI is InChI=1S/C6H12N2/c1-3-5-6-8-7-4-2/h3,5-8H,1,4H2,2H3/b6-5+. The molecule has 0 aromatic carbocycles. The van der Waals surface area contributed by atoms with Crippen LogP contribution in [0.1, 0.15) is 6.92 Å². The summed E-state index contributed by atoms with van der Waals surface area (Å²) >= 11 is 0. The summed E-state index contributed by atoms with van der Waals surface area (Å²) in [5.74, 6) is 0. The van der Waals surface area contributed by atoms with Gasteiger partial charge < -0.3 is 5.43 Å². The largest absolute Gasteiger partial charge is 0.329 e. The Bertz CT molecular complexity index is 76.6. The van der Waals surface area contributed by atoms with Crippen LogP contribution >= 0.6 is 0 Å². The van der Waals surface area contributed by atoms with Crippen molar-refractivity contribution in [2.24, 2.45) is 0 Å². The van der Waals surface area contributed by atoms with Crippen molar-refractivity contribution in [2.45, 2.75) is 6.92 Å². The summed E-state index contributed by atoms with van der Waals surface area (Å²) in [6, 6.07) is 0. The van der Waals surface area contributed by atoms with Gasteiger partial charge in [0.05, 0.1) is 0 Å². The summed E-state index contributed by atoms with van der Waals surface area (Å²) < 4.78 is 0. The van der Waals surface area contributed by atoms with Crippen molar-refractivity contribution in [2.75, 3.05) is 6.54 Å². The van der Waals surface area contributed by atoms with Crippen LogP contribution in [0.2, 0.25) is 0 Å². The number of allylic oxidation sites excluding steroid dienone is 2. The lowest BCUT2D eigenvalue weighted by atomic mass is 10.6.